The lowest BCUT2D eigenvalue weighted by Crippen LogP contribution is -2.51. The summed E-state index contributed by atoms with van der Waals surface area (Å²) in [5.74, 6) is 4.35. The second-order valence-electron chi connectivity index (χ2n) is 15.2. The third-order valence-electron chi connectivity index (χ3n) is 13.1. The highest BCUT2D eigenvalue weighted by atomic mass is 16.7. The highest BCUT2D eigenvalue weighted by Gasteiger charge is 2.59. The molecule has 0 amide bonds. The summed E-state index contributed by atoms with van der Waals surface area (Å²) in [4.78, 5) is 11.4. The van der Waals surface area contributed by atoms with E-state index in [2.05, 4.69) is 47.6 Å². The first-order valence-corrected chi connectivity index (χ1v) is 16.5. The van der Waals surface area contributed by atoms with E-state index in [1.807, 2.05) is 0 Å². The van der Waals surface area contributed by atoms with Gasteiger partial charge in [0.1, 0.15) is 12.2 Å². The molecule has 4 aliphatic carbocycles. The molecule has 40 heavy (non-hydrogen) atoms. The molecule has 1 heterocycles. The molecule has 0 radical (unpaired) electrons. The number of carboxylic acid groups (broad SMARTS) is 1. The van der Waals surface area contributed by atoms with Crippen LogP contribution in [0.2, 0.25) is 0 Å². The number of allylic oxidation sites excluding steroid dienone is 1. The number of fused-ring (bicyclic) bond motifs is 5. The lowest BCUT2D eigenvalue weighted by atomic mass is 9.47. The minimum atomic E-state index is -1.47. The first-order chi connectivity index (χ1) is 18.9. The Morgan fingerprint density at radius 1 is 1.05 bits per heavy atom. The maximum absolute atomic E-state index is 11.4. The van der Waals surface area contributed by atoms with Crippen LogP contribution in [0, 0.1) is 52.3 Å². The van der Waals surface area contributed by atoms with Crippen molar-refractivity contribution in [3.63, 3.8) is 0 Å². The lowest BCUT2D eigenvalue weighted by Gasteiger charge is -2.58. The van der Waals surface area contributed by atoms with Crippen molar-refractivity contribution >= 4 is 5.97 Å². The molecular formula is C34H56O6. The summed E-state index contributed by atoms with van der Waals surface area (Å²) in [5, 5.41) is 29.7. The maximum atomic E-state index is 11.4. The van der Waals surface area contributed by atoms with Crippen molar-refractivity contribution in [2.24, 2.45) is 52.3 Å². The van der Waals surface area contributed by atoms with E-state index in [1.165, 1.54) is 50.5 Å². The number of aliphatic hydroxyl groups is 2. The van der Waals surface area contributed by atoms with Gasteiger partial charge in [0, 0.05) is 0 Å². The average Bonchev–Trinajstić information content (AvgIpc) is 3.40. The zero-order chi connectivity index (χ0) is 29.0. The highest BCUT2D eigenvalue weighted by molar-refractivity contribution is 5.73. The van der Waals surface area contributed by atoms with Gasteiger partial charge in [0.15, 0.2) is 12.4 Å². The number of hydrogen-bond acceptors (Lipinski definition) is 5. The van der Waals surface area contributed by atoms with Crippen LogP contribution in [0.25, 0.3) is 0 Å². The third kappa shape index (κ3) is 5.22. The molecule has 4 fully saturated rings. The SMILES string of the molecule is CCC(CCC(C)C1CCC2C3CC=C4CC(OC5OC(C(=O)O)C(O)C5O)CCC4(C)C3CCC12C)C(C)C. The van der Waals surface area contributed by atoms with Crippen LogP contribution in [0.5, 0.6) is 0 Å². The van der Waals surface area contributed by atoms with Gasteiger partial charge in [-0.2, -0.15) is 0 Å². The van der Waals surface area contributed by atoms with Gasteiger partial charge >= 0.3 is 5.97 Å². The molecule has 5 aliphatic rings. The van der Waals surface area contributed by atoms with Crippen molar-refractivity contribution in [1.29, 1.82) is 0 Å². The Morgan fingerprint density at radius 3 is 2.45 bits per heavy atom. The van der Waals surface area contributed by atoms with E-state index in [0.717, 1.165) is 67.1 Å². The van der Waals surface area contributed by atoms with Gasteiger partial charge in [-0.3, -0.25) is 0 Å². The van der Waals surface area contributed by atoms with Crippen molar-refractivity contribution in [3.05, 3.63) is 11.6 Å². The van der Waals surface area contributed by atoms with Crippen LogP contribution in [-0.4, -0.2) is 52.0 Å². The van der Waals surface area contributed by atoms with E-state index in [1.54, 1.807) is 0 Å². The van der Waals surface area contributed by atoms with E-state index < -0.39 is 30.6 Å². The zero-order valence-corrected chi connectivity index (χ0v) is 25.9. The summed E-state index contributed by atoms with van der Waals surface area (Å²) in [7, 11) is 0. The molecule has 0 bridgehead atoms. The Bertz CT molecular complexity index is 947. The normalized spacial score (nSPS) is 46.3. The molecule has 0 aromatic rings. The Morgan fingerprint density at radius 2 is 1.80 bits per heavy atom. The lowest BCUT2D eigenvalue weighted by molar-refractivity contribution is -0.202. The predicted molar refractivity (Wildman–Crippen MR) is 155 cm³/mol. The van der Waals surface area contributed by atoms with Crippen LogP contribution in [0.3, 0.4) is 0 Å². The Hall–Kier alpha value is -0.950. The molecule has 5 rings (SSSR count). The van der Waals surface area contributed by atoms with Gasteiger partial charge < -0.3 is 24.8 Å². The van der Waals surface area contributed by atoms with Gasteiger partial charge in [-0.15, -0.1) is 0 Å². The second-order valence-corrected chi connectivity index (χ2v) is 15.2. The zero-order valence-electron chi connectivity index (χ0n) is 25.9. The highest BCUT2D eigenvalue weighted by Crippen LogP contribution is 2.67. The molecule has 1 aliphatic heterocycles. The monoisotopic (exact) mass is 560 g/mol. The van der Waals surface area contributed by atoms with Gasteiger partial charge in [0.25, 0.3) is 0 Å². The van der Waals surface area contributed by atoms with Gasteiger partial charge in [0.05, 0.1) is 6.10 Å². The third-order valence-corrected chi connectivity index (χ3v) is 13.1. The first-order valence-electron chi connectivity index (χ1n) is 16.5. The van der Waals surface area contributed by atoms with E-state index in [-0.39, 0.29) is 11.5 Å². The summed E-state index contributed by atoms with van der Waals surface area (Å²) in [6.07, 6.45) is 10.5. The number of hydrogen-bond donors (Lipinski definition) is 3. The number of aliphatic hydroxyl groups excluding tert-OH is 2. The van der Waals surface area contributed by atoms with E-state index in [0.29, 0.717) is 5.41 Å². The van der Waals surface area contributed by atoms with Crippen LogP contribution in [0.15, 0.2) is 11.6 Å². The van der Waals surface area contributed by atoms with Crippen LogP contribution in [-0.2, 0) is 14.3 Å². The van der Waals surface area contributed by atoms with Gasteiger partial charge in [-0.05, 0) is 110 Å². The molecule has 228 valence electrons. The summed E-state index contributed by atoms with van der Waals surface area (Å²) in [6.45, 7) is 14.8. The predicted octanol–water partition coefficient (Wildman–Crippen LogP) is 6.58. The van der Waals surface area contributed by atoms with Crippen molar-refractivity contribution in [1.82, 2.24) is 0 Å². The summed E-state index contributed by atoms with van der Waals surface area (Å²) >= 11 is 0. The minimum absolute atomic E-state index is 0.126. The van der Waals surface area contributed by atoms with Crippen molar-refractivity contribution < 1.29 is 29.6 Å². The summed E-state index contributed by atoms with van der Waals surface area (Å²) in [6, 6.07) is 0. The molecule has 0 aromatic carbocycles. The second kappa shape index (κ2) is 11.6. The standard InChI is InChI=1S/C34H56O6/c1-7-21(19(2)3)9-8-20(4)25-12-13-26-24-11-10-22-18-23(39-32-29(36)28(35)30(40-32)31(37)38)14-16-33(22,5)27(24)15-17-34(25,26)6/h10,19-21,23-30,32,35-36H,7-9,11-18H2,1-6H3,(H,37,38). The molecule has 3 saturated carbocycles. The topological polar surface area (TPSA) is 96.2 Å². The number of aliphatic carboxylic acids is 1. The Labute approximate surface area is 242 Å². The van der Waals surface area contributed by atoms with E-state index in [9.17, 15) is 20.1 Å². The van der Waals surface area contributed by atoms with Crippen molar-refractivity contribution in [3.8, 4) is 0 Å². The van der Waals surface area contributed by atoms with Crippen LogP contribution in [0.1, 0.15) is 112 Å². The van der Waals surface area contributed by atoms with E-state index in [4.69, 9.17) is 9.47 Å². The fourth-order valence-corrected chi connectivity index (χ4v) is 10.6. The number of ether oxygens (including phenoxy) is 2. The fourth-order valence-electron chi connectivity index (χ4n) is 10.6. The molecule has 6 nitrogen and oxygen atoms in total. The molecular weight excluding hydrogens is 504 g/mol. The number of carboxylic acids is 1. The van der Waals surface area contributed by atoms with Gasteiger partial charge in [-0.1, -0.05) is 66.0 Å². The van der Waals surface area contributed by atoms with Gasteiger partial charge in [0.2, 0.25) is 0 Å². The fraction of sp³-hybridized carbons (Fsp3) is 0.912. The largest absolute Gasteiger partial charge is 0.479 e. The van der Waals surface area contributed by atoms with Crippen molar-refractivity contribution in [2.75, 3.05) is 0 Å². The molecule has 13 unspecified atom stereocenters. The molecule has 0 spiro atoms. The Balaban J connectivity index is 1.23. The van der Waals surface area contributed by atoms with E-state index >= 15 is 0 Å². The minimum Gasteiger partial charge on any atom is -0.479 e. The summed E-state index contributed by atoms with van der Waals surface area (Å²) in [5.41, 5.74) is 2.15. The summed E-state index contributed by atoms with van der Waals surface area (Å²) < 4.78 is 11.5. The number of rotatable bonds is 9. The number of carbonyl (C=O) groups is 1. The molecule has 1 saturated heterocycles. The molecule has 3 N–H and O–H groups in total. The first kappa shape index (κ1) is 30.5. The Kier molecular flexibility index (Phi) is 8.86. The maximum Gasteiger partial charge on any atom is 0.335 e. The van der Waals surface area contributed by atoms with Crippen molar-refractivity contribution in [2.45, 2.75) is 143 Å². The molecule has 13 atom stereocenters. The van der Waals surface area contributed by atoms with Crippen LogP contribution >= 0.6 is 0 Å². The average molecular weight is 561 g/mol. The smallest absolute Gasteiger partial charge is 0.335 e. The quantitative estimate of drug-likeness (QED) is 0.276. The van der Waals surface area contributed by atoms with Gasteiger partial charge in [-0.25, -0.2) is 4.79 Å². The molecule has 0 aromatic heterocycles. The van der Waals surface area contributed by atoms with Crippen LogP contribution < -0.4 is 0 Å². The van der Waals surface area contributed by atoms with Crippen LogP contribution in [0.4, 0.5) is 0 Å². The molecule has 6 heteroatoms.